The number of aromatic nitrogens is 2. The third-order valence-electron chi connectivity index (χ3n) is 7.73. The number of rotatable bonds is 6. The second-order valence-electron chi connectivity index (χ2n) is 10.1. The van der Waals surface area contributed by atoms with Crippen molar-refractivity contribution in [2.24, 2.45) is 18.4 Å². The van der Waals surface area contributed by atoms with Gasteiger partial charge in [-0.2, -0.15) is 5.10 Å². The van der Waals surface area contributed by atoms with E-state index in [0.717, 1.165) is 44.1 Å². The molecule has 4 rings (SSSR count). The SMILES string of the molecule is CCC(C)(C)C1CCc2c(sc(NC(=O)c3ccnn3C)c2C(=O)NC2CCCCC2)C1. The molecule has 32 heavy (non-hydrogen) atoms. The molecule has 6 nitrogen and oxygen atoms in total. The summed E-state index contributed by atoms with van der Waals surface area (Å²) in [7, 11) is 1.75. The van der Waals surface area contributed by atoms with Crippen molar-refractivity contribution in [2.45, 2.75) is 84.6 Å². The minimum Gasteiger partial charge on any atom is -0.349 e. The summed E-state index contributed by atoms with van der Waals surface area (Å²) >= 11 is 1.59. The summed E-state index contributed by atoms with van der Waals surface area (Å²) in [6.07, 6.45) is 11.4. The third-order valence-corrected chi connectivity index (χ3v) is 8.90. The highest BCUT2D eigenvalue weighted by Gasteiger charge is 2.36. The van der Waals surface area contributed by atoms with Gasteiger partial charge in [0, 0.05) is 24.2 Å². The molecule has 2 aliphatic carbocycles. The normalized spacial score (nSPS) is 19.4. The molecule has 2 heterocycles. The molecule has 0 saturated heterocycles. The van der Waals surface area contributed by atoms with Crippen molar-refractivity contribution in [3.05, 3.63) is 34.0 Å². The van der Waals surface area contributed by atoms with Crippen LogP contribution < -0.4 is 10.6 Å². The van der Waals surface area contributed by atoms with Gasteiger partial charge in [0.2, 0.25) is 0 Å². The van der Waals surface area contributed by atoms with E-state index in [1.54, 1.807) is 35.3 Å². The Morgan fingerprint density at radius 1 is 1.19 bits per heavy atom. The molecule has 1 atom stereocenters. The van der Waals surface area contributed by atoms with E-state index in [1.807, 2.05) is 0 Å². The molecule has 1 saturated carbocycles. The Morgan fingerprint density at radius 3 is 2.59 bits per heavy atom. The molecule has 0 aliphatic heterocycles. The number of fused-ring (bicyclic) bond motifs is 1. The lowest BCUT2D eigenvalue weighted by atomic mass is 9.69. The quantitative estimate of drug-likeness (QED) is 0.616. The molecule has 2 aromatic rings. The number of aryl methyl sites for hydroxylation is 1. The standard InChI is InChI=1S/C25H36N4O2S/c1-5-25(2,3)16-11-12-18-20(15-16)32-24(28-22(30)19-13-14-26-29(19)4)21(18)23(31)27-17-9-7-6-8-10-17/h13-14,16-17H,5-12,15H2,1-4H3,(H,27,31)(H,28,30). The molecule has 174 valence electrons. The van der Waals surface area contributed by atoms with E-state index >= 15 is 0 Å². The first-order valence-corrected chi connectivity index (χ1v) is 12.9. The fourth-order valence-corrected chi connectivity index (χ4v) is 6.46. The van der Waals surface area contributed by atoms with Gasteiger partial charge in [0.15, 0.2) is 0 Å². The number of anilines is 1. The van der Waals surface area contributed by atoms with Crippen LogP contribution in [0.3, 0.4) is 0 Å². The molecule has 2 aromatic heterocycles. The van der Waals surface area contributed by atoms with Gasteiger partial charge in [0.1, 0.15) is 10.7 Å². The summed E-state index contributed by atoms with van der Waals surface area (Å²) in [6, 6.07) is 1.94. The summed E-state index contributed by atoms with van der Waals surface area (Å²) < 4.78 is 1.56. The Bertz CT molecular complexity index is 984. The van der Waals surface area contributed by atoms with Gasteiger partial charge in [-0.25, -0.2) is 0 Å². The Hall–Kier alpha value is -2.15. The number of amides is 2. The van der Waals surface area contributed by atoms with Crippen molar-refractivity contribution in [3.8, 4) is 0 Å². The van der Waals surface area contributed by atoms with E-state index in [4.69, 9.17) is 0 Å². The molecule has 1 fully saturated rings. The summed E-state index contributed by atoms with van der Waals surface area (Å²) in [5.41, 5.74) is 2.59. The molecule has 0 radical (unpaired) electrons. The number of carbonyl (C=O) groups excluding carboxylic acids is 2. The fourth-order valence-electron chi connectivity index (χ4n) is 5.14. The molecule has 7 heteroatoms. The van der Waals surface area contributed by atoms with Gasteiger partial charge in [-0.3, -0.25) is 14.3 Å². The zero-order valence-corrected chi connectivity index (χ0v) is 20.6. The van der Waals surface area contributed by atoms with Crippen molar-refractivity contribution in [3.63, 3.8) is 0 Å². The molecule has 2 aliphatic rings. The summed E-state index contributed by atoms with van der Waals surface area (Å²) in [5, 5.41) is 11.1. The number of carbonyl (C=O) groups is 2. The van der Waals surface area contributed by atoms with Crippen LogP contribution in [0.25, 0.3) is 0 Å². The molecule has 0 spiro atoms. The predicted octanol–water partition coefficient (Wildman–Crippen LogP) is 5.34. The minimum absolute atomic E-state index is 0.0251. The van der Waals surface area contributed by atoms with E-state index in [9.17, 15) is 9.59 Å². The molecule has 2 N–H and O–H groups in total. The maximum atomic E-state index is 13.5. The number of hydrogen-bond acceptors (Lipinski definition) is 4. The second-order valence-corrected chi connectivity index (χ2v) is 11.2. The molecule has 0 aromatic carbocycles. The van der Waals surface area contributed by atoms with Crippen LogP contribution in [0.1, 0.15) is 97.0 Å². The van der Waals surface area contributed by atoms with Crippen LogP contribution in [0, 0.1) is 11.3 Å². The van der Waals surface area contributed by atoms with Crippen LogP contribution in [0.4, 0.5) is 5.00 Å². The van der Waals surface area contributed by atoms with Gasteiger partial charge in [-0.05, 0) is 55.1 Å². The summed E-state index contributed by atoms with van der Waals surface area (Å²) in [4.78, 5) is 27.7. The first-order valence-electron chi connectivity index (χ1n) is 12.0. The first-order chi connectivity index (χ1) is 15.3. The lowest BCUT2D eigenvalue weighted by Gasteiger charge is -2.36. The summed E-state index contributed by atoms with van der Waals surface area (Å²) in [6.45, 7) is 6.95. The Labute approximate surface area is 195 Å². The summed E-state index contributed by atoms with van der Waals surface area (Å²) in [5.74, 6) is 0.345. The second kappa shape index (κ2) is 9.38. The largest absolute Gasteiger partial charge is 0.349 e. The van der Waals surface area contributed by atoms with Crippen LogP contribution in [0.2, 0.25) is 0 Å². The lowest BCUT2D eigenvalue weighted by Crippen LogP contribution is -2.37. The molecule has 0 bridgehead atoms. The van der Waals surface area contributed by atoms with Crippen molar-refractivity contribution in [1.29, 1.82) is 0 Å². The maximum Gasteiger partial charge on any atom is 0.274 e. The predicted molar refractivity (Wildman–Crippen MR) is 129 cm³/mol. The van der Waals surface area contributed by atoms with Crippen LogP contribution in [-0.2, 0) is 19.9 Å². The maximum absolute atomic E-state index is 13.5. The average Bonchev–Trinajstić information content (AvgIpc) is 3.36. The number of nitrogens with zero attached hydrogens (tertiary/aromatic N) is 2. The highest BCUT2D eigenvalue weighted by molar-refractivity contribution is 7.17. The Kier molecular flexibility index (Phi) is 6.75. The van der Waals surface area contributed by atoms with Crippen molar-refractivity contribution in [2.75, 3.05) is 5.32 Å². The molecule has 1 unspecified atom stereocenters. The monoisotopic (exact) mass is 456 g/mol. The van der Waals surface area contributed by atoms with Crippen LogP contribution in [0.15, 0.2) is 12.3 Å². The number of thiophene rings is 1. The third kappa shape index (κ3) is 4.63. The molecule has 2 amide bonds. The van der Waals surface area contributed by atoms with E-state index in [2.05, 4.69) is 36.5 Å². The highest BCUT2D eigenvalue weighted by atomic mass is 32.1. The van der Waals surface area contributed by atoms with Gasteiger partial charge >= 0.3 is 0 Å². The number of hydrogen-bond donors (Lipinski definition) is 2. The van der Waals surface area contributed by atoms with Gasteiger partial charge in [0.05, 0.1) is 5.56 Å². The lowest BCUT2D eigenvalue weighted by molar-refractivity contribution is 0.0927. The highest BCUT2D eigenvalue weighted by Crippen LogP contribution is 2.45. The van der Waals surface area contributed by atoms with E-state index in [1.165, 1.54) is 24.1 Å². The van der Waals surface area contributed by atoms with Gasteiger partial charge < -0.3 is 10.6 Å². The number of nitrogens with one attached hydrogen (secondary N) is 2. The topological polar surface area (TPSA) is 76.0 Å². The smallest absolute Gasteiger partial charge is 0.274 e. The van der Waals surface area contributed by atoms with E-state index < -0.39 is 0 Å². The fraction of sp³-hybridized carbons (Fsp3) is 0.640. The molecular weight excluding hydrogens is 420 g/mol. The van der Waals surface area contributed by atoms with Gasteiger partial charge in [-0.1, -0.05) is 46.5 Å². The van der Waals surface area contributed by atoms with Crippen molar-refractivity contribution in [1.82, 2.24) is 15.1 Å². The van der Waals surface area contributed by atoms with E-state index in [0.29, 0.717) is 22.2 Å². The zero-order valence-electron chi connectivity index (χ0n) is 19.8. The van der Waals surface area contributed by atoms with Crippen LogP contribution >= 0.6 is 11.3 Å². The zero-order chi connectivity index (χ0) is 22.9. The van der Waals surface area contributed by atoms with Crippen LogP contribution in [0.5, 0.6) is 0 Å². The van der Waals surface area contributed by atoms with Crippen LogP contribution in [-0.4, -0.2) is 27.6 Å². The minimum atomic E-state index is -0.222. The van der Waals surface area contributed by atoms with E-state index in [-0.39, 0.29) is 23.3 Å². The van der Waals surface area contributed by atoms with Crippen molar-refractivity contribution < 1.29 is 9.59 Å². The van der Waals surface area contributed by atoms with Gasteiger partial charge in [-0.15, -0.1) is 11.3 Å². The van der Waals surface area contributed by atoms with Crippen molar-refractivity contribution >= 4 is 28.2 Å². The Balaban J connectivity index is 1.64. The molecular formula is C25H36N4O2S. The Morgan fingerprint density at radius 2 is 1.94 bits per heavy atom. The van der Waals surface area contributed by atoms with Gasteiger partial charge in [0.25, 0.3) is 11.8 Å². The average molecular weight is 457 g/mol. The first kappa shape index (κ1) is 23.0.